The second-order valence-corrected chi connectivity index (χ2v) is 10.2. The average molecular weight is 491 g/mol. The van der Waals surface area contributed by atoms with Crippen molar-refractivity contribution in [3.8, 4) is 22.3 Å². The van der Waals surface area contributed by atoms with Gasteiger partial charge in [0.15, 0.2) is 0 Å². The van der Waals surface area contributed by atoms with Crippen molar-refractivity contribution in [1.82, 2.24) is 19.9 Å². The van der Waals surface area contributed by atoms with Gasteiger partial charge in [0.1, 0.15) is 0 Å². The van der Waals surface area contributed by atoms with Crippen LogP contribution in [0, 0.1) is 27.7 Å². The van der Waals surface area contributed by atoms with E-state index in [2.05, 4.69) is 84.9 Å². The summed E-state index contributed by atoms with van der Waals surface area (Å²) in [7, 11) is 0. The highest BCUT2D eigenvalue weighted by atomic mass is 14.8. The highest BCUT2D eigenvalue weighted by Crippen LogP contribution is 2.37. The van der Waals surface area contributed by atoms with Crippen LogP contribution in [0.2, 0.25) is 0 Å². The highest BCUT2D eigenvalue weighted by Gasteiger charge is 2.14. The molecule has 0 saturated heterocycles. The fourth-order valence-electron chi connectivity index (χ4n) is 5.43. The Morgan fingerprint density at radius 2 is 0.711 bits per heavy atom. The zero-order valence-electron chi connectivity index (χ0n) is 21.9. The molecule has 4 heteroatoms. The summed E-state index contributed by atoms with van der Waals surface area (Å²) in [6.45, 7) is 8.11. The summed E-state index contributed by atoms with van der Waals surface area (Å²) in [5, 5.41) is 4.44. The first-order valence-corrected chi connectivity index (χ1v) is 12.9. The van der Waals surface area contributed by atoms with Gasteiger partial charge in [-0.1, -0.05) is 48.5 Å². The van der Waals surface area contributed by atoms with Crippen molar-refractivity contribution in [3.05, 3.63) is 108 Å². The molecule has 0 fully saturated rings. The van der Waals surface area contributed by atoms with Gasteiger partial charge in [0.25, 0.3) is 0 Å². The van der Waals surface area contributed by atoms with Crippen LogP contribution in [0.25, 0.3) is 65.9 Å². The van der Waals surface area contributed by atoms with Gasteiger partial charge in [0.05, 0.1) is 22.1 Å². The molecule has 0 radical (unpaired) electrons. The molecule has 0 aliphatic carbocycles. The van der Waals surface area contributed by atoms with Gasteiger partial charge in [0, 0.05) is 44.3 Å². The van der Waals surface area contributed by atoms with Crippen molar-refractivity contribution in [2.24, 2.45) is 0 Å². The van der Waals surface area contributed by atoms with E-state index in [0.717, 1.165) is 88.6 Å². The van der Waals surface area contributed by atoms with E-state index < -0.39 is 0 Å². The van der Waals surface area contributed by atoms with Gasteiger partial charge in [-0.3, -0.25) is 19.9 Å². The van der Waals surface area contributed by atoms with Crippen molar-refractivity contribution < 1.29 is 0 Å². The average Bonchev–Trinajstić information content (AvgIpc) is 2.92. The van der Waals surface area contributed by atoms with E-state index in [4.69, 9.17) is 19.9 Å². The summed E-state index contributed by atoms with van der Waals surface area (Å²) >= 11 is 0. The lowest BCUT2D eigenvalue weighted by atomic mass is 9.93. The number of aryl methyl sites for hydroxylation is 4. The van der Waals surface area contributed by atoms with Crippen LogP contribution in [0.5, 0.6) is 0 Å². The van der Waals surface area contributed by atoms with Crippen LogP contribution in [0.15, 0.2) is 84.9 Å². The first-order chi connectivity index (χ1) is 18.4. The maximum atomic E-state index is 4.90. The first-order valence-electron chi connectivity index (χ1n) is 12.9. The van der Waals surface area contributed by atoms with Gasteiger partial charge in [-0.2, -0.15) is 0 Å². The molecule has 0 aliphatic heterocycles. The predicted octanol–water partition coefficient (Wildman–Crippen LogP) is 8.45. The second-order valence-electron chi connectivity index (χ2n) is 10.2. The minimum Gasteiger partial charge on any atom is -0.251 e. The lowest BCUT2D eigenvalue weighted by Gasteiger charge is -2.13. The number of benzene rings is 3. The predicted molar refractivity (Wildman–Crippen MR) is 157 cm³/mol. The number of rotatable bonds is 2. The maximum Gasteiger partial charge on any atom is 0.0974 e. The molecule has 3 aromatic carbocycles. The first kappa shape index (κ1) is 22.5. The van der Waals surface area contributed by atoms with Crippen molar-refractivity contribution in [1.29, 1.82) is 0 Å². The summed E-state index contributed by atoms with van der Waals surface area (Å²) in [6, 6.07) is 30.2. The van der Waals surface area contributed by atoms with Crippen molar-refractivity contribution in [2.45, 2.75) is 27.7 Å². The quantitative estimate of drug-likeness (QED) is 0.228. The summed E-state index contributed by atoms with van der Waals surface area (Å²) < 4.78 is 0. The molecule has 0 aliphatic rings. The zero-order valence-corrected chi connectivity index (χ0v) is 21.9. The van der Waals surface area contributed by atoms with E-state index in [-0.39, 0.29) is 0 Å². The van der Waals surface area contributed by atoms with Gasteiger partial charge in [-0.25, -0.2) is 0 Å². The minimum atomic E-state index is 0.954. The Labute approximate surface area is 221 Å². The second kappa shape index (κ2) is 8.42. The molecule has 4 nitrogen and oxygen atoms in total. The number of aromatic nitrogens is 4. The van der Waals surface area contributed by atoms with Gasteiger partial charge in [-0.05, 0) is 86.3 Å². The Balaban J connectivity index is 1.42. The van der Waals surface area contributed by atoms with Crippen LogP contribution in [-0.2, 0) is 0 Å². The molecule has 0 atom stereocenters. The summed E-state index contributed by atoms with van der Waals surface area (Å²) in [4.78, 5) is 19.4. The van der Waals surface area contributed by atoms with Crippen molar-refractivity contribution in [2.75, 3.05) is 0 Å². The molecular formula is C34H26N4. The summed E-state index contributed by atoms with van der Waals surface area (Å²) in [5.74, 6) is 0. The maximum absolute atomic E-state index is 4.90. The Morgan fingerprint density at radius 1 is 0.368 bits per heavy atom. The topological polar surface area (TPSA) is 51.6 Å². The number of hydrogen-bond donors (Lipinski definition) is 0. The molecule has 4 heterocycles. The van der Waals surface area contributed by atoms with Gasteiger partial charge >= 0.3 is 0 Å². The largest absolute Gasteiger partial charge is 0.251 e. The number of hydrogen-bond acceptors (Lipinski definition) is 4. The fraction of sp³-hybridized carbons (Fsp3) is 0.118. The molecule has 182 valence electrons. The van der Waals surface area contributed by atoms with E-state index in [1.165, 1.54) is 0 Å². The normalized spacial score (nSPS) is 11.7. The van der Waals surface area contributed by atoms with Gasteiger partial charge in [-0.15, -0.1) is 0 Å². The molecule has 0 N–H and O–H groups in total. The third kappa shape index (κ3) is 3.60. The smallest absolute Gasteiger partial charge is 0.0974 e. The van der Waals surface area contributed by atoms with E-state index in [9.17, 15) is 0 Å². The molecule has 4 aromatic heterocycles. The molecule has 0 saturated carbocycles. The number of fused-ring (bicyclic) bond motifs is 6. The SMILES string of the molecule is Cc1ccc2cc(-c3ccc(-c4cc5ccc(C)nc5c5nc(C)ccc45)cc3)c3ccc(C)nc3c2n1. The monoisotopic (exact) mass is 490 g/mol. The van der Waals surface area contributed by atoms with Crippen molar-refractivity contribution in [3.63, 3.8) is 0 Å². The standard InChI is InChI=1S/C34H26N4/c1-19-5-9-25-17-29(27-15-7-21(3)37-33(27)31(25)35-19)23-11-13-24(14-12-23)30-18-26-10-6-20(2)36-32(26)34-28(30)16-8-22(4)38-34/h5-18H,1-4H3. The lowest BCUT2D eigenvalue weighted by Crippen LogP contribution is -1.93. The van der Waals surface area contributed by atoms with Crippen LogP contribution in [-0.4, -0.2) is 19.9 Å². The molecule has 0 spiro atoms. The minimum absolute atomic E-state index is 0.954. The van der Waals surface area contributed by atoms with Gasteiger partial charge in [0.2, 0.25) is 0 Å². The Bertz CT molecular complexity index is 1910. The zero-order chi connectivity index (χ0) is 26.0. The van der Waals surface area contributed by atoms with Crippen LogP contribution in [0.3, 0.4) is 0 Å². The number of nitrogens with zero attached hydrogens (tertiary/aromatic N) is 4. The Kier molecular flexibility index (Phi) is 4.98. The molecule has 7 aromatic rings. The third-order valence-corrected chi connectivity index (χ3v) is 7.34. The Hall–Kier alpha value is -4.70. The Morgan fingerprint density at radius 3 is 1.11 bits per heavy atom. The van der Waals surface area contributed by atoms with E-state index in [1.54, 1.807) is 0 Å². The third-order valence-electron chi connectivity index (χ3n) is 7.34. The molecular weight excluding hydrogens is 464 g/mol. The van der Waals surface area contributed by atoms with Crippen LogP contribution in [0.4, 0.5) is 0 Å². The van der Waals surface area contributed by atoms with E-state index >= 15 is 0 Å². The van der Waals surface area contributed by atoms with Crippen LogP contribution in [0.1, 0.15) is 22.8 Å². The summed E-state index contributed by atoms with van der Waals surface area (Å²) in [5.41, 5.74) is 12.4. The summed E-state index contributed by atoms with van der Waals surface area (Å²) in [6.07, 6.45) is 0. The molecule has 0 unspecified atom stereocenters. The number of pyridine rings is 4. The highest BCUT2D eigenvalue weighted by molar-refractivity contribution is 6.12. The molecule has 0 amide bonds. The van der Waals surface area contributed by atoms with Gasteiger partial charge < -0.3 is 0 Å². The fourth-order valence-corrected chi connectivity index (χ4v) is 5.43. The van der Waals surface area contributed by atoms with E-state index in [0.29, 0.717) is 0 Å². The van der Waals surface area contributed by atoms with E-state index in [1.807, 2.05) is 27.7 Å². The molecule has 0 bridgehead atoms. The molecule has 7 rings (SSSR count). The van der Waals surface area contributed by atoms with Crippen molar-refractivity contribution >= 4 is 43.6 Å². The van der Waals surface area contributed by atoms with Crippen LogP contribution < -0.4 is 0 Å². The lowest BCUT2D eigenvalue weighted by molar-refractivity contribution is 1.23. The molecule has 38 heavy (non-hydrogen) atoms. The van der Waals surface area contributed by atoms with Crippen LogP contribution >= 0.6 is 0 Å².